The second-order valence-corrected chi connectivity index (χ2v) is 4.83. The quantitative estimate of drug-likeness (QED) is 0.760. The summed E-state index contributed by atoms with van der Waals surface area (Å²) in [5.74, 6) is 0. The zero-order valence-electron chi connectivity index (χ0n) is 9.45. The van der Waals surface area contributed by atoms with Crippen LogP contribution >= 0.6 is 15.9 Å². The number of hydrogen-bond donors (Lipinski definition) is 0. The zero-order valence-corrected chi connectivity index (χ0v) is 11.0. The summed E-state index contributed by atoms with van der Waals surface area (Å²) in [5, 5.41) is 1.29. The molecule has 0 fully saturated rings. The fourth-order valence-electron chi connectivity index (χ4n) is 1.89. The Morgan fingerprint density at radius 2 is 2.12 bits per heavy atom. The largest absolute Gasteiger partial charge is 0.385 e. The van der Waals surface area contributed by atoms with Crippen LogP contribution in [0.2, 0.25) is 0 Å². The van der Waals surface area contributed by atoms with Crippen LogP contribution < -0.4 is 0 Å². The van der Waals surface area contributed by atoms with E-state index in [1.54, 1.807) is 7.11 Å². The van der Waals surface area contributed by atoms with Crippen LogP contribution in [0.5, 0.6) is 0 Å². The lowest BCUT2D eigenvalue weighted by atomic mass is 10.2. The molecule has 0 bridgehead atoms. The molecule has 0 N–H and O–H groups in total. The highest BCUT2D eigenvalue weighted by atomic mass is 79.9. The van der Waals surface area contributed by atoms with Crippen LogP contribution in [0.4, 0.5) is 0 Å². The van der Waals surface area contributed by atoms with E-state index < -0.39 is 0 Å². The molecule has 0 saturated heterocycles. The van der Waals surface area contributed by atoms with Gasteiger partial charge in [-0.1, -0.05) is 15.9 Å². The fourth-order valence-corrected chi connectivity index (χ4v) is 2.27. The summed E-state index contributed by atoms with van der Waals surface area (Å²) >= 11 is 3.49. The first-order valence-electron chi connectivity index (χ1n) is 5.54. The predicted octanol–water partition coefficient (Wildman–Crippen LogP) is 3.83. The molecular formula is C13H16BrNO. The third kappa shape index (κ3) is 2.66. The minimum absolute atomic E-state index is 0.852. The van der Waals surface area contributed by atoms with Crippen LogP contribution in [0.1, 0.15) is 12.8 Å². The molecule has 86 valence electrons. The molecule has 0 radical (unpaired) electrons. The third-order valence-corrected chi connectivity index (χ3v) is 3.22. The lowest BCUT2D eigenvalue weighted by Crippen LogP contribution is -1.98. The number of methoxy groups -OCH3 is 1. The summed E-state index contributed by atoms with van der Waals surface area (Å²) in [5.41, 5.74) is 1.31. The Balaban J connectivity index is 2.07. The maximum atomic E-state index is 5.05. The average Bonchev–Trinajstić information content (AvgIpc) is 2.67. The van der Waals surface area contributed by atoms with Crippen molar-refractivity contribution >= 4 is 26.8 Å². The fraction of sp³-hybridized carbons (Fsp3) is 0.385. The lowest BCUT2D eigenvalue weighted by molar-refractivity contribution is 0.191. The van der Waals surface area contributed by atoms with Crippen molar-refractivity contribution in [3.8, 4) is 0 Å². The number of hydrogen-bond acceptors (Lipinski definition) is 1. The number of aromatic nitrogens is 1. The predicted molar refractivity (Wildman–Crippen MR) is 70.7 cm³/mol. The van der Waals surface area contributed by atoms with E-state index in [9.17, 15) is 0 Å². The van der Waals surface area contributed by atoms with E-state index in [0.717, 1.165) is 30.5 Å². The molecule has 1 heterocycles. The lowest BCUT2D eigenvalue weighted by Gasteiger charge is -2.05. The Morgan fingerprint density at radius 3 is 2.94 bits per heavy atom. The highest BCUT2D eigenvalue weighted by Crippen LogP contribution is 2.21. The van der Waals surface area contributed by atoms with Crippen LogP contribution in [0, 0.1) is 0 Å². The number of aryl methyl sites for hydroxylation is 1. The Labute approximate surface area is 104 Å². The second kappa shape index (κ2) is 5.51. The minimum Gasteiger partial charge on any atom is -0.385 e. The Bertz CT molecular complexity index is 464. The average molecular weight is 282 g/mol. The number of halogens is 1. The number of unbranched alkanes of at least 4 members (excludes halogenated alkanes) is 1. The minimum atomic E-state index is 0.852. The molecular weight excluding hydrogens is 266 g/mol. The van der Waals surface area contributed by atoms with Crippen molar-refractivity contribution in [1.82, 2.24) is 4.57 Å². The maximum Gasteiger partial charge on any atom is 0.0481 e. The smallest absolute Gasteiger partial charge is 0.0481 e. The van der Waals surface area contributed by atoms with Crippen molar-refractivity contribution in [3.63, 3.8) is 0 Å². The van der Waals surface area contributed by atoms with E-state index in [0.29, 0.717) is 0 Å². The number of rotatable bonds is 5. The number of benzene rings is 1. The van der Waals surface area contributed by atoms with Crippen molar-refractivity contribution in [1.29, 1.82) is 0 Å². The van der Waals surface area contributed by atoms with Gasteiger partial charge < -0.3 is 9.30 Å². The van der Waals surface area contributed by atoms with E-state index in [1.165, 1.54) is 10.9 Å². The normalized spacial score (nSPS) is 11.1. The molecule has 1 aromatic carbocycles. The summed E-state index contributed by atoms with van der Waals surface area (Å²) < 4.78 is 8.49. The molecule has 2 nitrogen and oxygen atoms in total. The van der Waals surface area contributed by atoms with Gasteiger partial charge in [0.15, 0.2) is 0 Å². The van der Waals surface area contributed by atoms with Gasteiger partial charge in [0.05, 0.1) is 0 Å². The molecule has 1 aromatic heterocycles. The molecule has 0 aliphatic rings. The van der Waals surface area contributed by atoms with Crippen molar-refractivity contribution in [2.75, 3.05) is 13.7 Å². The van der Waals surface area contributed by atoms with Gasteiger partial charge in [0, 0.05) is 41.8 Å². The summed E-state index contributed by atoms with van der Waals surface area (Å²) in [6.45, 7) is 1.92. The Kier molecular flexibility index (Phi) is 4.02. The molecule has 0 unspecified atom stereocenters. The van der Waals surface area contributed by atoms with E-state index in [1.807, 2.05) is 0 Å². The van der Waals surface area contributed by atoms with Gasteiger partial charge in [-0.3, -0.25) is 0 Å². The van der Waals surface area contributed by atoms with Crippen LogP contribution in [0.25, 0.3) is 10.9 Å². The molecule has 0 aliphatic heterocycles. The molecule has 0 aliphatic carbocycles. The number of ether oxygens (including phenoxy) is 1. The van der Waals surface area contributed by atoms with Crippen molar-refractivity contribution in [3.05, 3.63) is 34.9 Å². The highest BCUT2D eigenvalue weighted by molar-refractivity contribution is 9.10. The summed E-state index contributed by atoms with van der Waals surface area (Å²) in [6, 6.07) is 8.57. The van der Waals surface area contributed by atoms with Gasteiger partial charge in [0.1, 0.15) is 0 Å². The van der Waals surface area contributed by atoms with E-state index in [4.69, 9.17) is 4.74 Å². The van der Waals surface area contributed by atoms with Gasteiger partial charge in [-0.2, -0.15) is 0 Å². The molecule has 16 heavy (non-hydrogen) atoms. The second-order valence-electron chi connectivity index (χ2n) is 3.91. The maximum absolute atomic E-state index is 5.05. The van der Waals surface area contributed by atoms with Gasteiger partial charge >= 0.3 is 0 Å². The van der Waals surface area contributed by atoms with E-state index in [2.05, 4.69) is 51.0 Å². The summed E-state index contributed by atoms with van der Waals surface area (Å²) in [4.78, 5) is 0. The highest BCUT2D eigenvalue weighted by Gasteiger charge is 2.00. The zero-order chi connectivity index (χ0) is 11.4. The Morgan fingerprint density at radius 1 is 1.25 bits per heavy atom. The van der Waals surface area contributed by atoms with Crippen molar-refractivity contribution in [2.24, 2.45) is 0 Å². The van der Waals surface area contributed by atoms with Gasteiger partial charge in [-0.15, -0.1) is 0 Å². The number of nitrogens with zero attached hydrogens (tertiary/aromatic N) is 1. The molecule has 0 spiro atoms. The number of fused-ring (bicyclic) bond motifs is 1. The first-order chi connectivity index (χ1) is 7.81. The van der Waals surface area contributed by atoms with Crippen LogP contribution in [0.15, 0.2) is 34.9 Å². The summed E-state index contributed by atoms with van der Waals surface area (Å²) in [6.07, 6.45) is 4.43. The van der Waals surface area contributed by atoms with Gasteiger partial charge in [0.2, 0.25) is 0 Å². The van der Waals surface area contributed by atoms with Gasteiger partial charge in [0.25, 0.3) is 0 Å². The molecule has 0 amide bonds. The first-order valence-corrected chi connectivity index (χ1v) is 6.34. The van der Waals surface area contributed by atoms with Gasteiger partial charge in [-0.25, -0.2) is 0 Å². The van der Waals surface area contributed by atoms with E-state index >= 15 is 0 Å². The molecule has 2 aromatic rings. The molecule has 2 rings (SSSR count). The first kappa shape index (κ1) is 11.7. The standard InChI is InChI=1S/C13H16BrNO/c1-16-9-3-2-7-15-8-6-11-10-12(14)4-5-13(11)15/h4-6,8,10H,2-3,7,9H2,1H3. The van der Waals surface area contributed by atoms with Crippen molar-refractivity contribution < 1.29 is 4.74 Å². The SMILES string of the molecule is COCCCCn1ccc2cc(Br)ccc21. The third-order valence-electron chi connectivity index (χ3n) is 2.73. The summed E-state index contributed by atoms with van der Waals surface area (Å²) in [7, 11) is 1.75. The Hall–Kier alpha value is -0.800. The topological polar surface area (TPSA) is 14.2 Å². The van der Waals surface area contributed by atoms with Crippen molar-refractivity contribution in [2.45, 2.75) is 19.4 Å². The molecule has 0 saturated carbocycles. The molecule has 3 heteroatoms. The van der Waals surface area contributed by atoms with Crippen LogP contribution in [-0.2, 0) is 11.3 Å². The molecule has 0 atom stereocenters. The van der Waals surface area contributed by atoms with E-state index in [-0.39, 0.29) is 0 Å². The van der Waals surface area contributed by atoms with Crippen LogP contribution in [0.3, 0.4) is 0 Å². The monoisotopic (exact) mass is 281 g/mol. The van der Waals surface area contributed by atoms with Gasteiger partial charge in [-0.05, 0) is 37.1 Å². The van der Waals surface area contributed by atoms with Crippen LogP contribution in [-0.4, -0.2) is 18.3 Å².